The van der Waals surface area contributed by atoms with Gasteiger partial charge in [0.25, 0.3) is 0 Å². The van der Waals surface area contributed by atoms with Crippen LogP contribution in [0.3, 0.4) is 0 Å². The molecule has 0 unspecified atom stereocenters. The van der Waals surface area contributed by atoms with E-state index >= 15 is 0 Å². The molecule has 0 spiro atoms. The standard InChI is InChI=1S/C10H8N4S/c11-5-8-10(15-9(6-12)14-8)7-1-3-13-4-2-7/h1-4H,6,12H2. The highest BCUT2D eigenvalue weighted by Gasteiger charge is 2.11. The number of aromatic nitrogens is 2. The molecule has 74 valence electrons. The molecule has 2 rings (SSSR count). The number of hydrogen-bond acceptors (Lipinski definition) is 5. The molecule has 0 bridgehead atoms. The first kappa shape index (κ1) is 9.77. The highest BCUT2D eigenvalue weighted by atomic mass is 32.1. The summed E-state index contributed by atoms with van der Waals surface area (Å²) in [5, 5.41) is 9.70. The van der Waals surface area contributed by atoms with E-state index in [9.17, 15) is 0 Å². The van der Waals surface area contributed by atoms with Gasteiger partial charge in [0.15, 0.2) is 5.69 Å². The Bertz CT molecular complexity index is 498. The van der Waals surface area contributed by atoms with Gasteiger partial charge in [0.05, 0.1) is 4.88 Å². The molecule has 0 aliphatic heterocycles. The van der Waals surface area contributed by atoms with Crippen LogP contribution in [0, 0.1) is 11.3 Å². The van der Waals surface area contributed by atoms with E-state index < -0.39 is 0 Å². The third kappa shape index (κ3) is 1.86. The van der Waals surface area contributed by atoms with Crippen LogP contribution in [0.1, 0.15) is 10.7 Å². The predicted octanol–water partition coefficient (Wildman–Crippen LogP) is 1.54. The maximum absolute atomic E-state index is 8.93. The molecule has 0 aromatic carbocycles. The molecule has 0 saturated heterocycles. The van der Waals surface area contributed by atoms with Crippen LogP contribution >= 0.6 is 11.3 Å². The number of hydrogen-bond donors (Lipinski definition) is 1. The molecule has 2 heterocycles. The number of rotatable bonds is 2. The quantitative estimate of drug-likeness (QED) is 0.826. The van der Waals surface area contributed by atoms with E-state index in [0.717, 1.165) is 15.4 Å². The average molecular weight is 216 g/mol. The van der Waals surface area contributed by atoms with E-state index in [0.29, 0.717) is 12.2 Å². The van der Waals surface area contributed by atoms with Gasteiger partial charge in [-0.25, -0.2) is 4.98 Å². The van der Waals surface area contributed by atoms with Gasteiger partial charge in [-0.3, -0.25) is 4.98 Å². The third-order valence-corrected chi connectivity index (χ3v) is 3.02. The topological polar surface area (TPSA) is 75.6 Å². The molecule has 0 amide bonds. The lowest BCUT2D eigenvalue weighted by atomic mass is 10.2. The largest absolute Gasteiger partial charge is 0.325 e. The zero-order chi connectivity index (χ0) is 10.7. The molecule has 4 nitrogen and oxygen atoms in total. The maximum Gasteiger partial charge on any atom is 0.159 e. The van der Waals surface area contributed by atoms with Crippen LogP contribution in [0.15, 0.2) is 24.5 Å². The predicted molar refractivity (Wildman–Crippen MR) is 58.0 cm³/mol. The molecule has 15 heavy (non-hydrogen) atoms. The lowest BCUT2D eigenvalue weighted by Crippen LogP contribution is -1.94. The van der Waals surface area contributed by atoms with Gasteiger partial charge in [-0.05, 0) is 17.7 Å². The minimum absolute atomic E-state index is 0.366. The van der Waals surface area contributed by atoms with Gasteiger partial charge >= 0.3 is 0 Å². The van der Waals surface area contributed by atoms with Crippen LogP contribution in [-0.4, -0.2) is 9.97 Å². The number of nitriles is 1. The summed E-state index contributed by atoms with van der Waals surface area (Å²) in [6.07, 6.45) is 3.39. The van der Waals surface area contributed by atoms with Gasteiger partial charge in [0.1, 0.15) is 11.1 Å². The summed E-state index contributed by atoms with van der Waals surface area (Å²) >= 11 is 1.45. The van der Waals surface area contributed by atoms with Crippen molar-refractivity contribution >= 4 is 11.3 Å². The van der Waals surface area contributed by atoms with Crippen molar-refractivity contribution in [1.82, 2.24) is 9.97 Å². The lowest BCUT2D eigenvalue weighted by molar-refractivity contribution is 1.03. The fraction of sp³-hybridized carbons (Fsp3) is 0.100. The highest BCUT2D eigenvalue weighted by molar-refractivity contribution is 7.15. The first-order valence-electron chi connectivity index (χ1n) is 4.35. The van der Waals surface area contributed by atoms with Gasteiger partial charge in [-0.15, -0.1) is 11.3 Å². The number of nitrogens with two attached hydrogens (primary N) is 1. The van der Waals surface area contributed by atoms with Crippen LogP contribution in [0.2, 0.25) is 0 Å². The second kappa shape index (κ2) is 4.17. The van der Waals surface area contributed by atoms with Crippen molar-refractivity contribution in [2.24, 2.45) is 5.73 Å². The fourth-order valence-electron chi connectivity index (χ4n) is 1.23. The molecular weight excluding hydrogens is 208 g/mol. The lowest BCUT2D eigenvalue weighted by Gasteiger charge is -1.94. The smallest absolute Gasteiger partial charge is 0.159 e. The van der Waals surface area contributed by atoms with Crippen molar-refractivity contribution in [1.29, 1.82) is 5.26 Å². The number of nitrogens with zero attached hydrogens (tertiary/aromatic N) is 3. The van der Waals surface area contributed by atoms with Gasteiger partial charge in [0, 0.05) is 18.9 Å². The number of thiazole rings is 1. The van der Waals surface area contributed by atoms with E-state index in [1.165, 1.54) is 11.3 Å². The Morgan fingerprint density at radius 2 is 2.13 bits per heavy atom. The van der Waals surface area contributed by atoms with Gasteiger partial charge < -0.3 is 5.73 Å². The van der Waals surface area contributed by atoms with Crippen molar-refractivity contribution in [3.63, 3.8) is 0 Å². The summed E-state index contributed by atoms with van der Waals surface area (Å²) in [4.78, 5) is 8.93. The molecule has 0 atom stereocenters. The summed E-state index contributed by atoms with van der Waals surface area (Å²) in [7, 11) is 0. The molecule has 2 N–H and O–H groups in total. The third-order valence-electron chi connectivity index (χ3n) is 1.89. The van der Waals surface area contributed by atoms with E-state index in [-0.39, 0.29) is 0 Å². The van der Waals surface area contributed by atoms with Crippen LogP contribution in [0.4, 0.5) is 0 Å². The van der Waals surface area contributed by atoms with Crippen molar-refractivity contribution in [2.75, 3.05) is 0 Å². The summed E-state index contributed by atoms with van der Waals surface area (Å²) < 4.78 is 0. The van der Waals surface area contributed by atoms with Crippen molar-refractivity contribution in [2.45, 2.75) is 6.54 Å². The monoisotopic (exact) mass is 216 g/mol. The van der Waals surface area contributed by atoms with Gasteiger partial charge in [-0.1, -0.05) is 0 Å². The van der Waals surface area contributed by atoms with E-state index in [1.807, 2.05) is 12.1 Å². The Kier molecular flexibility index (Phi) is 2.72. The SMILES string of the molecule is N#Cc1nc(CN)sc1-c1ccncc1. The highest BCUT2D eigenvalue weighted by Crippen LogP contribution is 2.29. The first-order chi connectivity index (χ1) is 7.35. The minimum Gasteiger partial charge on any atom is -0.325 e. The molecule has 0 fully saturated rings. The Hall–Kier alpha value is -1.77. The molecule has 0 aliphatic rings. The molecular formula is C10H8N4S. The second-order valence-electron chi connectivity index (χ2n) is 2.84. The summed E-state index contributed by atoms with van der Waals surface area (Å²) in [6.45, 7) is 0.366. The van der Waals surface area contributed by atoms with Gasteiger partial charge in [0.2, 0.25) is 0 Å². The van der Waals surface area contributed by atoms with Crippen LogP contribution in [0.25, 0.3) is 10.4 Å². The fourth-order valence-corrected chi connectivity index (χ4v) is 2.12. The number of pyridine rings is 1. The Morgan fingerprint density at radius 3 is 2.73 bits per heavy atom. The van der Waals surface area contributed by atoms with Crippen LogP contribution in [-0.2, 0) is 6.54 Å². The Morgan fingerprint density at radius 1 is 1.40 bits per heavy atom. The summed E-state index contributed by atoms with van der Waals surface area (Å²) in [5.74, 6) is 0. The maximum atomic E-state index is 8.93. The normalized spacial score (nSPS) is 9.87. The molecule has 2 aromatic rings. The second-order valence-corrected chi connectivity index (χ2v) is 3.92. The van der Waals surface area contributed by atoms with Crippen molar-refractivity contribution in [3.05, 3.63) is 35.2 Å². The molecule has 0 aliphatic carbocycles. The average Bonchev–Trinajstić information content (AvgIpc) is 2.73. The first-order valence-corrected chi connectivity index (χ1v) is 5.17. The Labute approximate surface area is 91.0 Å². The van der Waals surface area contributed by atoms with Crippen LogP contribution < -0.4 is 5.73 Å². The zero-order valence-corrected chi connectivity index (χ0v) is 8.66. The van der Waals surface area contributed by atoms with Crippen LogP contribution in [0.5, 0.6) is 0 Å². The minimum atomic E-state index is 0.366. The van der Waals surface area contributed by atoms with Crippen molar-refractivity contribution < 1.29 is 0 Å². The summed E-state index contributed by atoms with van der Waals surface area (Å²) in [5.41, 5.74) is 6.88. The molecule has 5 heteroatoms. The molecule has 0 saturated carbocycles. The van der Waals surface area contributed by atoms with E-state index in [2.05, 4.69) is 16.0 Å². The van der Waals surface area contributed by atoms with Crippen molar-refractivity contribution in [3.8, 4) is 16.5 Å². The molecule has 2 aromatic heterocycles. The van der Waals surface area contributed by atoms with E-state index in [4.69, 9.17) is 11.0 Å². The summed E-state index contributed by atoms with van der Waals surface area (Å²) in [6, 6.07) is 5.78. The van der Waals surface area contributed by atoms with Gasteiger partial charge in [-0.2, -0.15) is 5.26 Å². The molecule has 0 radical (unpaired) electrons. The van der Waals surface area contributed by atoms with E-state index in [1.54, 1.807) is 12.4 Å². The zero-order valence-electron chi connectivity index (χ0n) is 7.84. The Balaban J connectivity index is 2.53.